The van der Waals surface area contributed by atoms with Crippen molar-refractivity contribution in [2.24, 2.45) is 0 Å². The number of hydrogen-bond acceptors (Lipinski definition) is 5. The molecule has 2 N–H and O–H groups in total. The molecule has 4 rings (SSSR count). The summed E-state index contributed by atoms with van der Waals surface area (Å²) in [7, 11) is 0. The van der Waals surface area contributed by atoms with Crippen LogP contribution in [0.25, 0.3) is 17.4 Å². The van der Waals surface area contributed by atoms with Crippen LogP contribution in [-0.2, 0) is 16.1 Å². The minimum atomic E-state index is -0.375. The van der Waals surface area contributed by atoms with E-state index in [1.165, 1.54) is 11.6 Å². The number of nitrogens with zero attached hydrogens (tertiary/aromatic N) is 1. The molecule has 2 heterocycles. The predicted octanol–water partition coefficient (Wildman–Crippen LogP) is 5.61. The molecule has 1 amide bonds. The van der Waals surface area contributed by atoms with Gasteiger partial charge in [0.1, 0.15) is 11.5 Å². The highest BCUT2D eigenvalue weighted by molar-refractivity contribution is 7.80. The van der Waals surface area contributed by atoms with E-state index in [0.717, 1.165) is 38.5 Å². The van der Waals surface area contributed by atoms with Gasteiger partial charge in [-0.25, -0.2) is 0 Å². The number of benzene rings is 2. The third kappa shape index (κ3) is 6.68. The molecule has 1 fully saturated rings. The fourth-order valence-corrected chi connectivity index (χ4v) is 4.08. The van der Waals surface area contributed by atoms with Gasteiger partial charge in [0.05, 0.1) is 23.3 Å². The van der Waals surface area contributed by atoms with Crippen LogP contribution in [0, 0.1) is 0 Å². The van der Waals surface area contributed by atoms with E-state index < -0.39 is 0 Å². The summed E-state index contributed by atoms with van der Waals surface area (Å²) >= 11 is 17.6. The molecule has 1 aliphatic heterocycles. The van der Waals surface area contributed by atoms with E-state index in [1.54, 1.807) is 30.3 Å². The number of anilines is 1. The maximum Gasteiger partial charge on any atom is 0.250 e. The lowest BCUT2D eigenvalue weighted by atomic mass is 10.2. The fourth-order valence-electron chi connectivity index (χ4n) is 3.47. The quantitative estimate of drug-likeness (QED) is 0.328. The molecule has 9 heteroatoms. The molecule has 34 heavy (non-hydrogen) atoms. The van der Waals surface area contributed by atoms with Crippen LogP contribution in [0.2, 0.25) is 10.0 Å². The Labute approximate surface area is 213 Å². The molecular weight excluding hydrogens is 493 g/mol. The van der Waals surface area contributed by atoms with Crippen molar-refractivity contribution in [3.63, 3.8) is 0 Å². The van der Waals surface area contributed by atoms with Gasteiger partial charge in [-0.05, 0) is 60.3 Å². The molecule has 0 radical (unpaired) electrons. The van der Waals surface area contributed by atoms with Gasteiger partial charge in [0.15, 0.2) is 5.11 Å². The number of morpholine rings is 1. The summed E-state index contributed by atoms with van der Waals surface area (Å²) in [5, 5.41) is 6.71. The molecule has 1 aliphatic rings. The highest BCUT2D eigenvalue weighted by Crippen LogP contribution is 2.34. The van der Waals surface area contributed by atoms with Gasteiger partial charge in [-0.2, -0.15) is 0 Å². The molecule has 176 valence electrons. The summed E-state index contributed by atoms with van der Waals surface area (Å²) in [4.78, 5) is 14.6. The third-order valence-electron chi connectivity index (χ3n) is 5.20. The summed E-state index contributed by atoms with van der Waals surface area (Å²) in [5.74, 6) is 0.679. The summed E-state index contributed by atoms with van der Waals surface area (Å²) in [5.41, 5.74) is 2.69. The smallest absolute Gasteiger partial charge is 0.250 e. The number of thiocarbonyl (C=S) groups is 1. The molecule has 0 saturated carbocycles. The molecule has 1 saturated heterocycles. The van der Waals surface area contributed by atoms with E-state index in [1.807, 2.05) is 30.3 Å². The van der Waals surface area contributed by atoms with Gasteiger partial charge >= 0.3 is 0 Å². The van der Waals surface area contributed by atoms with Crippen LogP contribution in [0.4, 0.5) is 5.69 Å². The average Bonchev–Trinajstić information content (AvgIpc) is 3.30. The third-order valence-corrected chi connectivity index (χ3v) is 6.22. The van der Waals surface area contributed by atoms with Crippen LogP contribution in [0.1, 0.15) is 11.3 Å². The summed E-state index contributed by atoms with van der Waals surface area (Å²) in [6.07, 6.45) is 2.90. The van der Waals surface area contributed by atoms with Gasteiger partial charge in [0, 0.05) is 37.0 Å². The van der Waals surface area contributed by atoms with Crippen molar-refractivity contribution in [2.45, 2.75) is 6.54 Å². The molecule has 0 aliphatic carbocycles. The Morgan fingerprint density at radius 3 is 2.59 bits per heavy atom. The molecule has 0 atom stereocenters. The fraction of sp³-hybridized carbons (Fsp3) is 0.200. The van der Waals surface area contributed by atoms with Crippen LogP contribution in [0.5, 0.6) is 0 Å². The van der Waals surface area contributed by atoms with Crippen molar-refractivity contribution in [1.29, 1.82) is 0 Å². The normalized spacial score (nSPS) is 14.3. The van der Waals surface area contributed by atoms with Crippen LogP contribution in [0.15, 0.2) is 65.1 Å². The van der Waals surface area contributed by atoms with Crippen molar-refractivity contribution >= 4 is 58.2 Å². The largest absolute Gasteiger partial charge is 0.457 e. The molecule has 6 nitrogen and oxygen atoms in total. The molecule has 0 unspecified atom stereocenters. The zero-order valence-electron chi connectivity index (χ0n) is 18.2. The Kier molecular flexibility index (Phi) is 8.37. The molecule has 3 aromatic rings. The second-order valence-electron chi connectivity index (χ2n) is 7.67. The maximum atomic E-state index is 12.2. The van der Waals surface area contributed by atoms with Crippen LogP contribution in [0.3, 0.4) is 0 Å². The number of amides is 1. The van der Waals surface area contributed by atoms with E-state index in [0.29, 0.717) is 27.1 Å². The minimum absolute atomic E-state index is 0.210. The molecule has 0 spiro atoms. The second-order valence-corrected chi connectivity index (χ2v) is 8.86. The number of carbonyl (C=O) groups excluding carboxylic acids is 1. The van der Waals surface area contributed by atoms with Gasteiger partial charge in [0.25, 0.3) is 0 Å². The van der Waals surface area contributed by atoms with E-state index in [4.69, 9.17) is 44.6 Å². The second kappa shape index (κ2) is 11.6. The Morgan fingerprint density at radius 2 is 1.82 bits per heavy atom. The van der Waals surface area contributed by atoms with Crippen LogP contribution in [-0.4, -0.2) is 42.2 Å². The van der Waals surface area contributed by atoms with Gasteiger partial charge in [-0.3, -0.25) is 15.0 Å². The van der Waals surface area contributed by atoms with E-state index in [2.05, 4.69) is 15.5 Å². The number of carbonyl (C=O) groups is 1. The van der Waals surface area contributed by atoms with Crippen molar-refractivity contribution in [2.75, 3.05) is 31.6 Å². The summed E-state index contributed by atoms with van der Waals surface area (Å²) < 4.78 is 11.1. The highest BCUT2D eigenvalue weighted by Gasteiger charge is 2.12. The first-order chi connectivity index (χ1) is 16.5. The van der Waals surface area contributed by atoms with Gasteiger partial charge in [0.2, 0.25) is 5.91 Å². The number of rotatable bonds is 6. The molecule has 0 bridgehead atoms. The Balaban J connectivity index is 1.27. The van der Waals surface area contributed by atoms with Crippen LogP contribution >= 0.6 is 35.4 Å². The van der Waals surface area contributed by atoms with Crippen molar-refractivity contribution < 1.29 is 13.9 Å². The molecule has 1 aromatic heterocycles. The lowest BCUT2D eigenvalue weighted by molar-refractivity contribution is -0.115. The van der Waals surface area contributed by atoms with Crippen molar-refractivity contribution in [1.82, 2.24) is 10.2 Å². The minimum Gasteiger partial charge on any atom is -0.457 e. The van der Waals surface area contributed by atoms with Gasteiger partial charge < -0.3 is 14.5 Å². The topological polar surface area (TPSA) is 66.7 Å². The number of halogens is 2. The monoisotopic (exact) mass is 515 g/mol. The Hall–Kier alpha value is -2.68. The van der Waals surface area contributed by atoms with E-state index >= 15 is 0 Å². The SMILES string of the molecule is O=C(C=Cc1ccc(-c2cccc(Cl)c2Cl)o1)NC(=S)Nc1ccc(CN2CCOCC2)cc1. The highest BCUT2D eigenvalue weighted by atomic mass is 35.5. The van der Waals surface area contributed by atoms with Gasteiger partial charge in [-0.1, -0.05) is 41.4 Å². The van der Waals surface area contributed by atoms with E-state index in [9.17, 15) is 4.79 Å². The number of nitrogens with one attached hydrogen (secondary N) is 2. The predicted molar refractivity (Wildman–Crippen MR) is 140 cm³/mol. The van der Waals surface area contributed by atoms with Crippen molar-refractivity contribution in [3.05, 3.63) is 82.0 Å². The van der Waals surface area contributed by atoms with Crippen LogP contribution < -0.4 is 10.6 Å². The Morgan fingerprint density at radius 1 is 1.06 bits per heavy atom. The molecule has 2 aromatic carbocycles. The van der Waals surface area contributed by atoms with Gasteiger partial charge in [-0.15, -0.1) is 0 Å². The lowest BCUT2D eigenvalue weighted by Crippen LogP contribution is -2.35. The first-order valence-corrected chi connectivity index (χ1v) is 11.9. The number of hydrogen-bond donors (Lipinski definition) is 2. The van der Waals surface area contributed by atoms with Crippen molar-refractivity contribution in [3.8, 4) is 11.3 Å². The lowest BCUT2D eigenvalue weighted by Gasteiger charge is -2.26. The average molecular weight is 516 g/mol. The zero-order chi connectivity index (χ0) is 23.9. The summed E-state index contributed by atoms with van der Waals surface area (Å²) in [6, 6.07) is 16.8. The Bertz CT molecular complexity index is 1190. The molecular formula is C25H23Cl2N3O3S. The first kappa shape index (κ1) is 24.4. The summed E-state index contributed by atoms with van der Waals surface area (Å²) in [6.45, 7) is 4.32. The zero-order valence-corrected chi connectivity index (χ0v) is 20.6. The van der Waals surface area contributed by atoms with E-state index in [-0.39, 0.29) is 11.0 Å². The standard InChI is InChI=1S/C25H23Cl2N3O3S/c26-21-3-1-2-20(24(21)27)22-10-8-19(33-22)9-11-23(31)29-25(34)28-18-6-4-17(5-7-18)16-30-12-14-32-15-13-30/h1-11H,12-16H2,(H2,28,29,31,34). The first-order valence-electron chi connectivity index (χ1n) is 10.7. The maximum absolute atomic E-state index is 12.2. The number of ether oxygens (including phenoxy) is 1. The number of furan rings is 1.